The highest BCUT2D eigenvalue weighted by Gasteiger charge is 2.25. The van der Waals surface area contributed by atoms with Gasteiger partial charge in [-0.25, -0.2) is 0 Å². The number of nitrogens with zero attached hydrogens (tertiary/aromatic N) is 4. The Balaban J connectivity index is 2.14. The fourth-order valence-electron chi connectivity index (χ4n) is 2.32. The van der Waals surface area contributed by atoms with Gasteiger partial charge < -0.3 is 10.6 Å². The number of hydrogen-bond donors (Lipinski definition) is 1. The van der Waals surface area contributed by atoms with Crippen molar-refractivity contribution in [2.75, 3.05) is 37.3 Å². The first-order valence-corrected chi connectivity index (χ1v) is 5.86. The highest BCUT2D eigenvalue weighted by atomic mass is 15.4. The lowest BCUT2D eigenvalue weighted by atomic mass is 10.1. The molecular weight excluding hydrogens is 202 g/mol. The second kappa shape index (κ2) is 4.33. The molecule has 1 aromatic heterocycles. The van der Waals surface area contributed by atoms with Crippen LogP contribution in [0, 0.1) is 0 Å². The summed E-state index contributed by atoms with van der Waals surface area (Å²) >= 11 is 0. The van der Waals surface area contributed by atoms with Crippen LogP contribution in [0.1, 0.15) is 13.3 Å². The van der Waals surface area contributed by atoms with E-state index in [0.29, 0.717) is 6.04 Å². The van der Waals surface area contributed by atoms with E-state index in [9.17, 15) is 0 Å². The average Bonchev–Trinajstić information content (AvgIpc) is 2.59. The van der Waals surface area contributed by atoms with Gasteiger partial charge in [-0.1, -0.05) is 6.92 Å². The monoisotopic (exact) mass is 223 g/mol. The number of rotatable bonds is 2. The third-order valence-corrected chi connectivity index (χ3v) is 3.38. The summed E-state index contributed by atoms with van der Waals surface area (Å²) in [6.45, 7) is 5.34. The Morgan fingerprint density at radius 2 is 2.19 bits per heavy atom. The van der Waals surface area contributed by atoms with E-state index in [4.69, 9.17) is 5.73 Å². The Kier molecular flexibility index (Phi) is 3.05. The van der Waals surface area contributed by atoms with E-state index in [1.807, 2.05) is 13.2 Å². The quantitative estimate of drug-likeness (QED) is 0.794. The van der Waals surface area contributed by atoms with Crippen molar-refractivity contribution in [3.8, 4) is 0 Å². The van der Waals surface area contributed by atoms with Crippen molar-refractivity contribution in [3.63, 3.8) is 0 Å². The van der Waals surface area contributed by atoms with Gasteiger partial charge in [-0.2, -0.15) is 5.10 Å². The van der Waals surface area contributed by atoms with Crippen LogP contribution in [0.25, 0.3) is 0 Å². The summed E-state index contributed by atoms with van der Waals surface area (Å²) in [5.41, 5.74) is 6.73. The normalized spacial score (nSPS) is 22.7. The standard InChI is InChI=1S/C11H21N5/c1-4-9-7-16(6-5-14(9)2)11-10(12)8-15(3)13-11/h8-9H,4-7,12H2,1-3H3. The molecule has 5 heteroatoms. The Hall–Kier alpha value is -1.23. The van der Waals surface area contributed by atoms with Crippen LogP contribution in [0.2, 0.25) is 0 Å². The zero-order valence-corrected chi connectivity index (χ0v) is 10.3. The second-order valence-corrected chi connectivity index (χ2v) is 4.57. The maximum Gasteiger partial charge on any atom is 0.173 e. The van der Waals surface area contributed by atoms with Crippen molar-refractivity contribution >= 4 is 11.5 Å². The van der Waals surface area contributed by atoms with Gasteiger partial charge in [-0.3, -0.25) is 9.58 Å². The molecule has 2 heterocycles. The molecule has 16 heavy (non-hydrogen) atoms. The van der Waals surface area contributed by atoms with Gasteiger partial charge in [0, 0.05) is 38.9 Å². The Labute approximate surface area is 96.8 Å². The van der Waals surface area contributed by atoms with Crippen LogP contribution in [-0.4, -0.2) is 47.4 Å². The van der Waals surface area contributed by atoms with Crippen molar-refractivity contribution < 1.29 is 0 Å². The topological polar surface area (TPSA) is 50.3 Å². The average molecular weight is 223 g/mol. The molecule has 1 aliphatic heterocycles. The number of likely N-dealkylation sites (N-methyl/N-ethyl adjacent to an activating group) is 1. The van der Waals surface area contributed by atoms with Crippen LogP contribution in [0.4, 0.5) is 11.5 Å². The van der Waals surface area contributed by atoms with E-state index >= 15 is 0 Å². The second-order valence-electron chi connectivity index (χ2n) is 4.57. The summed E-state index contributed by atoms with van der Waals surface area (Å²) < 4.78 is 1.78. The van der Waals surface area contributed by atoms with Crippen molar-refractivity contribution in [1.82, 2.24) is 14.7 Å². The Bertz CT molecular complexity index is 359. The molecule has 0 amide bonds. The molecule has 0 bridgehead atoms. The fourth-order valence-corrected chi connectivity index (χ4v) is 2.32. The smallest absolute Gasteiger partial charge is 0.173 e. The van der Waals surface area contributed by atoms with Crippen molar-refractivity contribution in [1.29, 1.82) is 0 Å². The molecule has 2 rings (SSSR count). The minimum absolute atomic E-state index is 0.607. The first-order chi connectivity index (χ1) is 7.61. The minimum atomic E-state index is 0.607. The van der Waals surface area contributed by atoms with Gasteiger partial charge >= 0.3 is 0 Å². The van der Waals surface area contributed by atoms with E-state index in [-0.39, 0.29) is 0 Å². The molecule has 1 aliphatic rings. The number of hydrogen-bond acceptors (Lipinski definition) is 4. The Morgan fingerprint density at radius 3 is 2.75 bits per heavy atom. The molecule has 1 saturated heterocycles. The summed E-state index contributed by atoms with van der Waals surface area (Å²) in [5, 5.41) is 4.43. The molecule has 2 N–H and O–H groups in total. The Morgan fingerprint density at radius 1 is 1.44 bits per heavy atom. The van der Waals surface area contributed by atoms with Gasteiger partial charge in [-0.05, 0) is 13.5 Å². The maximum absolute atomic E-state index is 5.96. The van der Waals surface area contributed by atoms with E-state index in [0.717, 1.165) is 31.1 Å². The summed E-state index contributed by atoms with van der Waals surface area (Å²) in [6.07, 6.45) is 3.04. The lowest BCUT2D eigenvalue weighted by molar-refractivity contribution is 0.213. The number of aryl methyl sites for hydroxylation is 1. The molecule has 0 aromatic carbocycles. The molecule has 1 aromatic rings. The van der Waals surface area contributed by atoms with Gasteiger partial charge in [0.25, 0.3) is 0 Å². The predicted octanol–water partition coefficient (Wildman–Crippen LogP) is 0.533. The number of nitrogen functional groups attached to an aromatic ring is 1. The van der Waals surface area contributed by atoms with E-state index in [2.05, 4.69) is 28.9 Å². The third kappa shape index (κ3) is 2.00. The van der Waals surface area contributed by atoms with Crippen LogP contribution in [0.3, 0.4) is 0 Å². The van der Waals surface area contributed by atoms with Gasteiger partial charge in [0.15, 0.2) is 5.82 Å². The first kappa shape index (κ1) is 11.3. The van der Waals surface area contributed by atoms with Gasteiger partial charge in [0.2, 0.25) is 0 Å². The molecule has 0 saturated carbocycles. The fraction of sp³-hybridized carbons (Fsp3) is 0.727. The summed E-state index contributed by atoms with van der Waals surface area (Å²) in [6, 6.07) is 0.607. The number of anilines is 2. The predicted molar refractivity (Wildman–Crippen MR) is 66.5 cm³/mol. The number of aromatic nitrogens is 2. The lowest BCUT2D eigenvalue weighted by Gasteiger charge is -2.39. The molecule has 0 radical (unpaired) electrons. The number of nitrogens with two attached hydrogens (primary N) is 1. The summed E-state index contributed by atoms with van der Waals surface area (Å²) in [7, 11) is 4.10. The van der Waals surface area contributed by atoms with Crippen LogP contribution in [0.5, 0.6) is 0 Å². The van der Waals surface area contributed by atoms with E-state index in [1.54, 1.807) is 4.68 Å². The van der Waals surface area contributed by atoms with Gasteiger partial charge in [-0.15, -0.1) is 0 Å². The maximum atomic E-state index is 5.96. The molecule has 90 valence electrons. The summed E-state index contributed by atoms with van der Waals surface area (Å²) in [5.74, 6) is 0.939. The third-order valence-electron chi connectivity index (χ3n) is 3.38. The van der Waals surface area contributed by atoms with Crippen molar-refractivity contribution in [2.45, 2.75) is 19.4 Å². The van der Waals surface area contributed by atoms with Gasteiger partial charge in [0.1, 0.15) is 0 Å². The largest absolute Gasteiger partial charge is 0.394 e. The highest BCUT2D eigenvalue weighted by molar-refractivity contribution is 5.62. The minimum Gasteiger partial charge on any atom is -0.394 e. The molecule has 1 atom stereocenters. The van der Waals surface area contributed by atoms with Crippen LogP contribution >= 0.6 is 0 Å². The number of piperazine rings is 1. The van der Waals surface area contributed by atoms with Crippen molar-refractivity contribution in [2.24, 2.45) is 7.05 Å². The van der Waals surface area contributed by atoms with Crippen LogP contribution in [0.15, 0.2) is 6.20 Å². The first-order valence-electron chi connectivity index (χ1n) is 5.86. The molecule has 0 spiro atoms. The molecule has 5 nitrogen and oxygen atoms in total. The van der Waals surface area contributed by atoms with Crippen LogP contribution < -0.4 is 10.6 Å². The van der Waals surface area contributed by atoms with Crippen molar-refractivity contribution in [3.05, 3.63) is 6.20 Å². The molecule has 1 unspecified atom stereocenters. The molecular formula is C11H21N5. The molecule has 1 fully saturated rings. The van der Waals surface area contributed by atoms with Gasteiger partial charge in [0.05, 0.1) is 5.69 Å². The van der Waals surface area contributed by atoms with Crippen LogP contribution in [-0.2, 0) is 7.05 Å². The zero-order chi connectivity index (χ0) is 11.7. The lowest BCUT2D eigenvalue weighted by Crippen LogP contribution is -2.51. The van der Waals surface area contributed by atoms with E-state index in [1.165, 1.54) is 6.42 Å². The summed E-state index contributed by atoms with van der Waals surface area (Å²) in [4.78, 5) is 4.71. The SMILES string of the molecule is CCC1CN(c2nn(C)cc2N)CCN1C. The molecule has 0 aliphatic carbocycles. The zero-order valence-electron chi connectivity index (χ0n) is 10.3. The highest BCUT2D eigenvalue weighted by Crippen LogP contribution is 2.23. The van der Waals surface area contributed by atoms with E-state index < -0.39 is 0 Å².